The summed E-state index contributed by atoms with van der Waals surface area (Å²) in [6.45, 7) is 7.83. The molecule has 2 aromatic heterocycles. The second-order valence-electron chi connectivity index (χ2n) is 6.16. The number of rotatable bonds is 5. The Kier molecular flexibility index (Phi) is 5.11. The minimum atomic E-state index is -0.199. The van der Waals surface area contributed by atoms with Crippen LogP contribution in [0.1, 0.15) is 39.1 Å². The molecule has 1 N–H and O–H groups in total. The largest absolute Gasteiger partial charge is 0.309 e. The highest BCUT2D eigenvalue weighted by molar-refractivity contribution is 7.99. The standard InChI is InChI=1S/C19H20N2O2S2/c1-10-5-7-14(8-6-10)17(22)13(4)24-9-15-20-18(23)16-11(2)12(3)25-19(16)21-15/h5-8,13H,9H2,1-4H3,(H,20,21,23)/t13-/m1/s1. The van der Waals surface area contributed by atoms with Gasteiger partial charge in [-0.2, -0.15) is 0 Å². The Labute approximate surface area is 154 Å². The number of Topliss-reactive ketones (excluding diaryl/α,β-unsaturated/α-hetero) is 1. The van der Waals surface area contributed by atoms with Crippen molar-refractivity contribution in [3.05, 3.63) is 62.0 Å². The number of hydrogen-bond donors (Lipinski definition) is 1. The van der Waals surface area contributed by atoms with Crippen molar-refractivity contribution in [3.63, 3.8) is 0 Å². The number of aromatic nitrogens is 2. The lowest BCUT2D eigenvalue weighted by Crippen LogP contribution is -2.15. The third kappa shape index (κ3) is 3.70. The summed E-state index contributed by atoms with van der Waals surface area (Å²) in [7, 11) is 0. The molecule has 0 fully saturated rings. The van der Waals surface area contributed by atoms with Gasteiger partial charge in [0.15, 0.2) is 5.78 Å². The number of aryl methyl sites for hydroxylation is 3. The van der Waals surface area contributed by atoms with E-state index in [0.717, 1.165) is 20.8 Å². The lowest BCUT2D eigenvalue weighted by molar-refractivity contribution is 0.0994. The van der Waals surface area contributed by atoms with Crippen molar-refractivity contribution in [1.82, 2.24) is 9.97 Å². The Morgan fingerprint density at radius 1 is 1.24 bits per heavy atom. The van der Waals surface area contributed by atoms with Crippen molar-refractivity contribution in [2.75, 3.05) is 0 Å². The fourth-order valence-corrected chi connectivity index (χ4v) is 4.48. The molecule has 25 heavy (non-hydrogen) atoms. The summed E-state index contributed by atoms with van der Waals surface area (Å²) in [4.78, 5) is 34.1. The number of benzene rings is 1. The van der Waals surface area contributed by atoms with Gasteiger partial charge in [0, 0.05) is 10.4 Å². The summed E-state index contributed by atoms with van der Waals surface area (Å²) in [6.07, 6.45) is 0. The van der Waals surface area contributed by atoms with E-state index in [1.165, 1.54) is 23.1 Å². The summed E-state index contributed by atoms with van der Waals surface area (Å²) in [5.41, 5.74) is 2.75. The number of thioether (sulfide) groups is 1. The predicted molar refractivity (Wildman–Crippen MR) is 106 cm³/mol. The summed E-state index contributed by atoms with van der Waals surface area (Å²) < 4.78 is 0. The van der Waals surface area contributed by atoms with Gasteiger partial charge in [-0.05, 0) is 33.3 Å². The molecule has 0 aliphatic heterocycles. The fourth-order valence-electron chi connectivity index (χ4n) is 2.60. The van der Waals surface area contributed by atoms with Crippen LogP contribution in [0.5, 0.6) is 0 Å². The summed E-state index contributed by atoms with van der Waals surface area (Å²) in [6, 6.07) is 7.61. The van der Waals surface area contributed by atoms with Gasteiger partial charge in [0.1, 0.15) is 10.7 Å². The van der Waals surface area contributed by atoms with Crippen LogP contribution in [0, 0.1) is 20.8 Å². The number of nitrogens with zero attached hydrogens (tertiary/aromatic N) is 1. The second-order valence-corrected chi connectivity index (χ2v) is 8.69. The molecule has 1 atom stereocenters. The lowest BCUT2D eigenvalue weighted by atomic mass is 10.1. The van der Waals surface area contributed by atoms with E-state index >= 15 is 0 Å². The smallest absolute Gasteiger partial charge is 0.259 e. The fraction of sp³-hybridized carbons (Fsp3) is 0.316. The molecule has 0 aliphatic rings. The molecule has 4 nitrogen and oxygen atoms in total. The molecule has 1 aromatic carbocycles. The van der Waals surface area contributed by atoms with E-state index < -0.39 is 0 Å². The van der Waals surface area contributed by atoms with E-state index in [4.69, 9.17) is 0 Å². The average Bonchev–Trinajstić information content (AvgIpc) is 2.87. The summed E-state index contributed by atoms with van der Waals surface area (Å²) in [5.74, 6) is 1.21. The summed E-state index contributed by atoms with van der Waals surface area (Å²) >= 11 is 3.03. The van der Waals surface area contributed by atoms with Crippen LogP contribution in [0.25, 0.3) is 10.2 Å². The predicted octanol–water partition coefficient (Wildman–Crippen LogP) is 4.41. The quantitative estimate of drug-likeness (QED) is 0.674. The van der Waals surface area contributed by atoms with Crippen LogP contribution in [0.15, 0.2) is 29.1 Å². The van der Waals surface area contributed by atoms with Crippen LogP contribution < -0.4 is 5.56 Å². The molecule has 3 rings (SSSR count). The maximum absolute atomic E-state index is 12.5. The number of nitrogens with one attached hydrogen (secondary N) is 1. The van der Waals surface area contributed by atoms with Crippen LogP contribution >= 0.6 is 23.1 Å². The Hall–Kier alpha value is -1.92. The van der Waals surface area contributed by atoms with E-state index in [9.17, 15) is 9.59 Å². The first-order chi connectivity index (χ1) is 11.9. The molecule has 0 radical (unpaired) electrons. The molecular formula is C19H20N2O2S2. The van der Waals surface area contributed by atoms with Crippen LogP contribution in [-0.4, -0.2) is 21.0 Å². The molecule has 0 aliphatic carbocycles. The zero-order chi connectivity index (χ0) is 18.1. The van der Waals surface area contributed by atoms with E-state index in [0.29, 0.717) is 22.5 Å². The van der Waals surface area contributed by atoms with Gasteiger partial charge in [-0.1, -0.05) is 29.8 Å². The van der Waals surface area contributed by atoms with Gasteiger partial charge in [-0.15, -0.1) is 23.1 Å². The van der Waals surface area contributed by atoms with Crippen molar-refractivity contribution >= 4 is 39.1 Å². The first-order valence-corrected chi connectivity index (χ1v) is 9.94. The Balaban J connectivity index is 1.74. The number of carbonyl (C=O) groups is 1. The van der Waals surface area contributed by atoms with E-state index in [1.54, 1.807) is 0 Å². The molecule has 0 saturated carbocycles. The molecule has 6 heteroatoms. The van der Waals surface area contributed by atoms with Gasteiger partial charge >= 0.3 is 0 Å². The lowest BCUT2D eigenvalue weighted by Gasteiger charge is -2.10. The van der Waals surface area contributed by atoms with Gasteiger partial charge in [0.2, 0.25) is 0 Å². The molecule has 0 saturated heterocycles. The van der Waals surface area contributed by atoms with Gasteiger partial charge < -0.3 is 4.98 Å². The van der Waals surface area contributed by atoms with Crippen molar-refractivity contribution < 1.29 is 4.79 Å². The number of hydrogen-bond acceptors (Lipinski definition) is 5. The van der Waals surface area contributed by atoms with Gasteiger partial charge in [0.05, 0.1) is 16.4 Å². The van der Waals surface area contributed by atoms with Gasteiger partial charge in [-0.3, -0.25) is 9.59 Å². The number of fused-ring (bicyclic) bond motifs is 1. The van der Waals surface area contributed by atoms with Gasteiger partial charge in [-0.25, -0.2) is 4.98 Å². The van der Waals surface area contributed by atoms with Gasteiger partial charge in [0.25, 0.3) is 5.56 Å². The Morgan fingerprint density at radius 3 is 2.60 bits per heavy atom. The average molecular weight is 373 g/mol. The number of aromatic amines is 1. The maximum Gasteiger partial charge on any atom is 0.259 e. The van der Waals surface area contributed by atoms with Crippen LogP contribution in [0.4, 0.5) is 0 Å². The van der Waals surface area contributed by atoms with Crippen molar-refractivity contribution in [2.24, 2.45) is 0 Å². The zero-order valence-electron chi connectivity index (χ0n) is 14.7. The molecule has 2 heterocycles. The van der Waals surface area contributed by atoms with Crippen molar-refractivity contribution in [3.8, 4) is 0 Å². The van der Waals surface area contributed by atoms with Crippen molar-refractivity contribution in [2.45, 2.75) is 38.7 Å². The normalized spacial score (nSPS) is 12.5. The third-order valence-electron chi connectivity index (χ3n) is 4.26. The Bertz CT molecular complexity index is 987. The monoisotopic (exact) mass is 372 g/mol. The minimum absolute atomic E-state index is 0.0937. The first kappa shape index (κ1) is 17.9. The van der Waals surface area contributed by atoms with E-state index in [1.807, 2.05) is 52.0 Å². The number of H-pyrrole nitrogens is 1. The highest BCUT2D eigenvalue weighted by atomic mass is 32.2. The molecule has 0 bridgehead atoms. The SMILES string of the molecule is Cc1ccc(C(=O)[C@@H](C)SCc2nc3sc(C)c(C)c3c(=O)[nH]2)cc1. The molecule has 0 amide bonds. The molecular weight excluding hydrogens is 352 g/mol. The minimum Gasteiger partial charge on any atom is -0.309 e. The van der Waals surface area contributed by atoms with E-state index in [-0.39, 0.29) is 16.6 Å². The number of ketones is 1. The molecule has 3 aromatic rings. The number of thiophene rings is 1. The third-order valence-corrected chi connectivity index (χ3v) is 6.52. The molecule has 0 spiro atoms. The van der Waals surface area contributed by atoms with Crippen LogP contribution in [0.2, 0.25) is 0 Å². The maximum atomic E-state index is 12.5. The molecule has 130 valence electrons. The zero-order valence-corrected chi connectivity index (χ0v) is 16.3. The topological polar surface area (TPSA) is 62.8 Å². The Morgan fingerprint density at radius 2 is 1.92 bits per heavy atom. The first-order valence-electron chi connectivity index (χ1n) is 8.08. The highest BCUT2D eigenvalue weighted by Gasteiger charge is 2.17. The van der Waals surface area contributed by atoms with Crippen molar-refractivity contribution in [1.29, 1.82) is 0 Å². The molecule has 0 unspecified atom stereocenters. The second kappa shape index (κ2) is 7.14. The van der Waals surface area contributed by atoms with Crippen LogP contribution in [0.3, 0.4) is 0 Å². The number of carbonyl (C=O) groups excluding carboxylic acids is 1. The van der Waals surface area contributed by atoms with Crippen LogP contribution in [-0.2, 0) is 5.75 Å². The summed E-state index contributed by atoms with van der Waals surface area (Å²) in [5, 5.41) is 0.482. The van der Waals surface area contributed by atoms with E-state index in [2.05, 4.69) is 9.97 Å². The highest BCUT2D eigenvalue weighted by Crippen LogP contribution is 2.27.